The van der Waals surface area contributed by atoms with Gasteiger partial charge in [0.05, 0.1) is 6.10 Å². The van der Waals surface area contributed by atoms with Crippen molar-refractivity contribution in [2.75, 3.05) is 0 Å². The fourth-order valence-electron chi connectivity index (χ4n) is 3.58. The molecule has 3 unspecified atom stereocenters. The number of aliphatic hydroxyl groups is 1. The first-order valence-electron chi connectivity index (χ1n) is 8.21. The minimum absolute atomic E-state index is 0.143. The maximum Gasteiger partial charge on any atom is 0.0512 e. The summed E-state index contributed by atoms with van der Waals surface area (Å²) >= 11 is 0. The first kappa shape index (κ1) is 19.0. The third-order valence-electron chi connectivity index (χ3n) is 5.19. The second kappa shape index (κ2) is 7.67. The highest BCUT2D eigenvalue weighted by molar-refractivity contribution is 4.89. The molecule has 0 spiro atoms. The molecular weight excluding hydrogens is 232 g/mol. The molecule has 0 radical (unpaired) electrons. The molecule has 19 heavy (non-hydrogen) atoms. The Hall–Kier alpha value is -0.0400. The van der Waals surface area contributed by atoms with Crippen molar-refractivity contribution in [3.8, 4) is 0 Å². The number of unbranched alkanes of at least 4 members (excludes halogenated alkanes) is 1. The molecule has 0 aliphatic rings. The van der Waals surface area contributed by atoms with Crippen LogP contribution in [0.25, 0.3) is 0 Å². The van der Waals surface area contributed by atoms with E-state index in [9.17, 15) is 5.11 Å². The van der Waals surface area contributed by atoms with Gasteiger partial charge in [0.1, 0.15) is 0 Å². The molecule has 1 heteroatoms. The molecule has 0 heterocycles. The molecule has 116 valence electrons. The van der Waals surface area contributed by atoms with Crippen LogP contribution in [0.4, 0.5) is 0 Å². The molecule has 1 nitrogen and oxygen atoms in total. The van der Waals surface area contributed by atoms with Gasteiger partial charge in [0.2, 0.25) is 0 Å². The lowest BCUT2D eigenvalue weighted by atomic mass is 9.59. The lowest BCUT2D eigenvalue weighted by Gasteiger charge is -2.46. The standard InChI is InChI=1S/C18H38O/c1-9-14(2)18(7,8)16(17(4,5)6)13-11-10-12-15(3)19/h14-16,19H,9-13H2,1-8H3. The Morgan fingerprint density at radius 3 is 1.74 bits per heavy atom. The summed E-state index contributed by atoms with van der Waals surface area (Å²) in [6, 6.07) is 0. The molecule has 0 aromatic heterocycles. The summed E-state index contributed by atoms with van der Waals surface area (Å²) in [5, 5.41) is 9.36. The largest absolute Gasteiger partial charge is 0.393 e. The molecule has 1 N–H and O–H groups in total. The van der Waals surface area contributed by atoms with Crippen LogP contribution >= 0.6 is 0 Å². The zero-order chi connectivity index (χ0) is 15.3. The summed E-state index contributed by atoms with van der Waals surface area (Å²) in [7, 11) is 0. The summed E-state index contributed by atoms with van der Waals surface area (Å²) in [4.78, 5) is 0. The van der Waals surface area contributed by atoms with E-state index in [0.717, 1.165) is 24.7 Å². The van der Waals surface area contributed by atoms with Crippen LogP contribution in [-0.2, 0) is 0 Å². The van der Waals surface area contributed by atoms with E-state index in [0.29, 0.717) is 10.8 Å². The van der Waals surface area contributed by atoms with E-state index in [1.807, 2.05) is 6.92 Å². The Kier molecular flexibility index (Phi) is 7.65. The predicted molar refractivity (Wildman–Crippen MR) is 86.3 cm³/mol. The lowest BCUT2D eigenvalue weighted by molar-refractivity contribution is 0.0273. The van der Waals surface area contributed by atoms with Gasteiger partial charge in [-0.2, -0.15) is 0 Å². The van der Waals surface area contributed by atoms with E-state index in [2.05, 4.69) is 48.5 Å². The van der Waals surface area contributed by atoms with Gasteiger partial charge in [-0.05, 0) is 42.4 Å². The SMILES string of the molecule is CCC(C)C(C)(C)C(CCCCC(C)O)C(C)(C)C. The van der Waals surface area contributed by atoms with Crippen molar-refractivity contribution in [1.29, 1.82) is 0 Å². The molecular formula is C18H38O. The molecule has 0 saturated heterocycles. The van der Waals surface area contributed by atoms with Gasteiger partial charge in [0.15, 0.2) is 0 Å². The van der Waals surface area contributed by atoms with Gasteiger partial charge in [0.25, 0.3) is 0 Å². The Morgan fingerprint density at radius 2 is 1.37 bits per heavy atom. The highest BCUT2D eigenvalue weighted by Gasteiger charge is 2.40. The average Bonchev–Trinajstić information content (AvgIpc) is 2.24. The number of hydrogen-bond acceptors (Lipinski definition) is 1. The molecule has 0 aliphatic carbocycles. The zero-order valence-corrected chi connectivity index (χ0v) is 14.7. The molecule has 3 atom stereocenters. The molecule has 0 aromatic rings. The minimum atomic E-state index is -0.143. The average molecular weight is 271 g/mol. The second-order valence-electron chi connectivity index (χ2n) is 8.18. The van der Waals surface area contributed by atoms with Crippen LogP contribution in [0, 0.1) is 22.7 Å². The summed E-state index contributed by atoms with van der Waals surface area (Å²) in [5.74, 6) is 1.50. The molecule has 0 fully saturated rings. The summed E-state index contributed by atoms with van der Waals surface area (Å²) in [5.41, 5.74) is 0.746. The molecule has 0 amide bonds. The Balaban J connectivity index is 4.66. The summed E-state index contributed by atoms with van der Waals surface area (Å²) < 4.78 is 0. The maximum absolute atomic E-state index is 9.36. The van der Waals surface area contributed by atoms with Gasteiger partial charge in [-0.1, -0.05) is 67.7 Å². The van der Waals surface area contributed by atoms with Crippen molar-refractivity contribution in [3.63, 3.8) is 0 Å². The normalized spacial score (nSPS) is 18.2. The van der Waals surface area contributed by atoms with Crippen LogP contribution in [0.1, 0.15) is 87.5 Å². The Labute approximate surface area is 122 Å². The highest BCUT2D eigenvalue weighted by atomic mass is 16.3. The van der Waals surface area contributed by atoms with Crippen LogP contribution in [0.2, 0.25) is 0 Å². The minimum Gasteiger partial charge on any atom is -0.393 e. The molecule has 0 bridgehead atoms. The third kappa shape index (κ3) is 6.29. The smallest absolute Gasteiger partial charge is 0.0512 e. The maximum atomic E-state index is 9.36. The molecule has 0 saturated carbocycles. The number of hydrogen-bond donors (Lipinski definition) is 1. The molecule has 0 aliphatic heterocycles. The van der Waals surface area contributed by atoms with Gasteiger partial charge in [-0.25, -0.2) is 0 Å². The predicted octanol–water partition coefficient (Wildman–Crippen LogP) is 5.66. The van der Waals surface area contributed by atoms with Gasteiger partial charge in [-0.3, -0.25) is 0 Å². The fourth-order valence-corrected chi connectivity index (χ4v) is 3.58. The zero-order valence-electron chi connectivity index (χ0n) is 14.7. The monoisotopic (exact) mass is 270 g/mol. The van der Waals surface area contributed by atoms with Crippen molar-refractivity contribution >= 4 is 0 Å². The van der Waals surface area contributed by atoms with Crippen LogP contribution < -0.4 is 0 Å². The van der Waals surface area contributed by atoms with E-state index in [-0.39, 0.29) is 6.10 Å². The fraction of sp³-hybridized carbons (Fsp3) is 1.00. The van der Waals surface area contributed by atoms with Gasteiger partial charge in [0, 0.05) is 0 Å². The van der Waals surface area contributed by atoms with Crippen LogP contribution in [0.5, 0.6) is 0 Å². The molecule has 0 aromatic carbocycles. The van der Waals surface area contributed by atoms with Crippen molar-refractivity contribution in [1.82, 2.24) is 0 Å². The van der Waals surface area contributed by atoms with Gasteiger partial charge >= 0.3 is 0 Å². The van der Waals surface area contributed by atoms with Crippen molar-refractivity contribution in [2.24, 2.45) is 22.7 Å². The Bertz CT molecular complexity index is 235. The van der Waals surface area contributed by atoms with E-state index in [1.165, 1.54) is 19.3 Å². The van der Waals surface area contributed by atoms with Crippen molar-refractivity contribution in [3.05, 3.63) is 0 Å². The quantitative estimate of drug-likeness (QED) is 0.564. The second-order valence-corrected chi connectivity index (χ2v) is 8.18. The van der Waals surface area contributed by atoms with Crippen LogP contribution in [0.3, 0.4) is 0 Å². The van der Waals surface area contributed by atoms with E-state index in [4.69, 9.17) is 0 Å². The lowest BCUT2D eigenvalue weighted by Crippen LogP contribution is -2.39. The number of aliphatic hydroxyl groups excluding tert-OH is 1. The highest BCUT2D eigenvalue weighted by Crippen LogP contribution is 2.48. The van der Waals surface area contributed by atoms with E-state index in [1.54, 1.807) is 0 Å². The first-order valence-corrected chi connectivity index (χ1v) is 8.21. The van der Waals surface area contributed by atoms with Crippen molar-refractivity contribution in [2.45, 2.75) is 93.6 Å². The van der Waals surface area contributed by atoms with Crippen LogP contribution in [-0.4, -0.2) is 11.2 Å². The Morgan fingerprint density at radius 1 is 0.895 bits per heavy atom. The molecule has 0 rings (SSSR count). The summed E-state index contributed by atoms with van der Waals surface area (Å²) in [6.45, 7) is 18.7. The summed E-state index contributed by atoms with van der Waals surface area (Å²) in [6.07, 6.45) is 5.74. The first-order chi connectivity index (χ1) is 8.53. The van der Waals surface area contributed by atoms with Crippen LogP contribution in [0.15, 0.2) is 0 Å². The third-order valence-corrected chi connectivity index (χ3v) is 5.19. The van der Waals surface area contributed by atoms with E-state index < -0.39 is 0 Å². The topological polar surface area (TPSA) is 20.2 Å². The van der Waals surface area contributed by atoms with E-state index >= 15 is 0 Å². The van der Waals surface area contributed by atoms with Gasteiger partial charge < -0.3 is 5.11 Å². The van der Waals surface area contributed by atoms with Gasteiger partial charge in [-0.15, -0.1) is 0 Å². The number of rotatable bonds is 8. The van der Waals surface area contributed by atoms with Crippen molar-refractivity contribution < 1.29 is 5.11 Å².